The third-order valence-electron chi connectivity index (χ3n) is 5.71. The van der Waals surface area contributed by atoms with Crippen molar-refractivity contribution in [2.45, 2.75) is 19.0 Å². The van der Waals surface area contributed by atoms with Crippen LogP contribution in [0.25, 0.3) is 0 Å². The molecule has 0 aliphatic rings. The largest absolute Gasteiger partial charge is 0.357 e. The number of carbonyl (C=O) groups excluding carboxylic acids is 2. The minimum atomic E-state index is -3.87. The Morgan fingerprint density at radius 2 is 1.54 bits per heavy atom. The summed E-state index contributed by atoms with van der Waals surface area (Å²) in [5.41, 5.74) is 1.58. The number of rotatable bonds is 10. The number of sulfonamides is 1. The van der Waals surface area contributed by atoms with Gasteiger partial charge in [0, 0.05) is 40.1 Å². The predicted octanol–water partition coefficient (Wildman–Crippen LogP) is 4.91. The Kier molecular flexibility index (Phi) is 10.0. The molecule has 3 aromatic rings. The third kappa shape index (κ3) is 7.47. The summed E-state index contributed by atoms with van der Waals surface area (Å²) in [6.45, 7) is -0.637. The summed E-state index contributed by atoms with van der Waals surface area (Å²) >= 11 is 16.2. The number of nitrogens with one attached hydrogen (secondary N) is 1. The average molecular weight is 627 g/mol. The van der Waals surface area contributed by atoms with Crippen molar-refractivity contribution in [1.82, 2.24) is 10.2 Å². The molecular formula is C26H26BrCl2N3O4S. The first-order valence-corrected chi connectivity index (χ1v) is 14.6. The Bertz CT molecular complexity index is 1350. The molecule has 1 atom stereocenters. The van der Waals surface area contributed by atoms with Crippen LogP contribution in [0.1, 0.15) is 11.1 Å². The maximum atomic E-state index is 13.9. The highest BCUT2D eigenvalue weighted by Crippen LogP contribution is 2.30. The van der Waals surface area contributed by atoms with Gasteiger partial charge in [-0.3, -0.25) is 13.9 Å². The molecule has 0 saturated carbocycles. The van der Waals surface area contributed by atoms with Gasteiger partial charge in [-0.15, -0.1) is 0 Å². The van der Waals surface area contributed by atoms with E-state index in [1.165, 1.54) is 11.9 Å². The molecule has 0 saturated heterocycles. The van der Waals surface area contributed by atoms with E-state index in [0.717, 1.165) is 16.1 Å². The van der Waals surface area contributed by atoms with Crippen molar-refractivity contribution in [2.24, 2.45) is 0 Å². The SMILES string of the molecule is CNC(=O)[C@H](Cc1ccccc1)N(Cc1c(Cl)cccc1Cl)C(=O)CN(c1ccccc1Br)S(C)(=O)=O. The molecule has 0 radical (unpaired) electrons. The Hall–Kier alpha value is -2.59. The lowest BCUT2D eigenvalue weighted by molar-refractivity contribution is -0.139. The van der Waals surface area contributed by atoms with Gasteiger partial charge in [-0.2, -0.15) is 0 Å². The monoisotopic (exact) mass is 625 g/mol. The topological polar surface area (TPSA) is 86.8 Å². The van der Waals surface area contributed by atoms with Crippen LogP contribution in [0, 0.1) is 0 Å². The van der Waals surface area contributed by atoms with Crippen LogP contribution in [-0.2, 0) is 32.6 Å². The van der Waals surface area contributed by atoms with Gasteiger partial charge in [-0.05, 0) is 45.8 Å². The molecule has 0 fully saturated rings. The van der Waals surface area contributed by atoms with Crippen molar-refractivity contribution in [3.63, 3.8) is 0 Å². The van der Waals surface area contributed by atoms with Gasteiger partial charge in [0.15, 0.2) is 0 Å². The van der Waals surface area contributed by atoms with Crippen molar-refractivity contribution in [3.8, 4) is 0 Å². The van der Waals surface area contributed by atoms with Gasteiger partial charge in [0.05, 0.1) is 11.9 Å². The van der Waals surface area contributed by atoms with Gasteiger partial charge in [-0.1, -0.05) is 71.7 Å². The third-order valence-corrected chi connectivity index (χ3v) is 8.21. The first-order valence-electron chi connectivity index (χ1n) is 11.2. The zero-order valence-corrected chi connectivity index (χ0v) is 24.1. The van der Waals surface area contributed by atoms with Gasteiger partial charge in [0.25, 0.3) is 0 Å². The van der Waals surface area contributed by atoms with Crippen LogP contribution in [0.15, 0.2) is 77.3 Å². The number of nitrogens with zero attached hydrogens (tertiary/aromatic N) is 2. The second kappa shape index (κ2) is 12.8. The number of likely N-dealkylation sites (N-methyl/N-ethyl adjacent to an activating group) is 1. The van der Waals surface area contributed by atoms with Crippen LogP contribution in [-0.4, -0.2) is 51.0 Å². The molecule has 0 bridgehead atoms. The van der Waals surface area contributed by atoms with E-state index in [-0.39, 0.29) is 13.0 Å². The van der Waals surface area contributed by atoms with Crippen molar-refractivity contribution < 1.29 is 18.0 Å². The maximum absolute atomic E-state index is 13.9. The number of carbonyl (C=O) groups is 2. The van der Waals surface area contributed by atoms with Gasteiger partial charge in [-0.25, -0.2) is 8.42 Å². The van der Waals surface area contributed by atoms with Gasteiger partial charge < -0.3 is 10.2 Å². The fourth-order valence-corrected chi connectivity index (χ4v) is 5.82. The van der Waals surface area contributed by atoms with Crippen LogP contribution in [0.5, 0.6) is 0 Å². The quantitative estimate of drug-likeness (QED) is 0.347. The molecule has 2 amide bonds. The van der Waals surface area contributed by atoms with Crippen LogP contribution in [0.4, 0.5) is 5.69 Å². The molecule has 0 aromatic heterocycles. The van der Waals surface area contributed by atoms with Gasteiger partial charge >= 0.3 is 0 Å². The minimum Gasteiger partial charge on any atom is -0.357 e. The molecule has 0 aliphatic carbocycles. The van der Waals surface area contributed by atoms with Crippen LogP contribution in [0.3, 0.4) is 0 Å². The number of amides is 2. The lowest BCUT2D eigenvalue weighted by Gasteiger charge is -2.33. The first-order chi connectivity index (χ1) is 17.5. The molecule has 1 N–H and O–H groups in total. The number of benzene rings is 3. The summed E-state index contributed by atoms with van der Waals surface area (Å²) in [5.74, 6) is -1.01. The molecule has 3 rings (SSSR count). The zero-order valence-electron chi connectivity index (χ0n) is 20.2. The fourth-order valence-electron chi connectivity index (χ4n) is 3.82. The average Bonchev–Trinajstić information content (AvgIpc) is 2.86. The van der Waals surface area contributed by atoms with Crippen LogP contribution in [0.2, 0.25) is 10.0 Å². The summed E-state index contributed by atoms with van der Waals surface area (Å²) in [6, 6.07) is 19.9. The summed E-state index contributed by atoms with van der Waals surface area (Å²) < 4.78 is 27.1. The van der Waals surface area contributed by atoms with E-state index in [1.54, 1.807) is 42.5 Å². The molecule has 7 nitrogen and oxygen atoms in total. The highest BCUT2D eigenvalue weighted by molar-refractivity contribution is 9.10. The zero-order chi connectivity index (χ0) is 27.2. The number of hydrogen-bond donors (Lipinski definition) is 1. The Morgan fingerprint density at radius 1 is 0.946 bits per heavy atom. The lowest BCUT2D eigenvalue weighted by Crippen LogP contribution is -2.53. The van der Waals surface area contributed by atoms with E-state index >= 15 is 0 Å². The second-order valence-electron chi connectivity index (χ2n) is 8.26. The van der Waals surface area contributed by atoms with Crippen molar-refractivity contribution in [3.05, 3.63) is 98.4 Å². The maximum Gasteiger partial charge on any atom is 0.244 e. The van der Waals surface area contributed by atoms with Crippen molar-refractivity contribution in [2.75, 3.05) is 24.2 Å². The Labute approximate surface area is 235 Å². The number of halogens is 3. The predicted molar refractivity (Wildman–Crippen MR) is 151 cm³/mol. The van der Waals surface area contributed by atoms with Gasteiger partial charge in [0.2, 0.25) is 21.8 Å². The lowest BCUT2D eigenvalue weighted by atomic mass is 10.0. The number of para-hydroxylation sites is 1. The second-order valence-corrected chi connectivity index (χ2v) is 11.8. The fraction of sp³-hybridized carbons (Fsp3) is 0.231. The van der Waals surface area contributed by atoms with E-state index in [4.69, 9.17) is 23.2 Å². The summed E-state index contributed by atoms with van der Waals surface area (Å²) in [4.78, 5) is 28.3. The molecule has 196 valence electrons. The number of hydrogen-bond acceptors (Lipinski definition) is 4. The highest BCUT2D eigenvalue weighted by atomic mass is 79.9. The number of anilines is 1. The minimum absolute atomic E-state index is 0.101. The highest BCUT2D eigenvalue weighted by Gasteiger charge is 2.33. The molecule has 37 heavy (non-hydrogen) atoms. The first kappa shape index (κ1) is 29.0. The smallest absolute Gasteiger partial charge is 0.244 e. The standard InChI is InChI=1S/C26H26BrCl2N3O4S/c1-30-26(34)24(15-18-9-4-3-5-10-18)31(16-19-21(28)12-8-13-22(19)29)25(33)17-32(37(2,35)36)23-14-7-6-11-20(23)27/h3-14,24H,15-17H2,1-2H3,(H,30,34)/t24-/m0/s1. The molecule has 0 aliphatic heterocycles. The molecule has 0 heterocycles. The molecule has 0 spiro atoms. The van der Waals surface area contributed by atoms with Crippen LogP contribution >= 0.6 is 39.1 Å². The Balaban J connectivity index is 2.08. The molecule has 3 aromatic carbocycles. The van der Waals surface area contributed by atoms with E-state index in [0.29, 0.717) is 25.8 Å². The van der Waals surface area contributed by atoms with Crippen LogP contribution < -0.4 is 9.62 Å². The van der Waals surface area contributed by atoms with Gasteiger partial charge in [0.1, 0.15) is 12.6 Å². The molecule has 0 unspecified atom stereocenters. The normalized spacial score (nSPS) is 12.0. The summed E-state index contributed by atoms with van der Waals surface area (Å²) in [7, 11) is -2.38. The Morgan fingerprint density at radius 3 is 2.11 bits per heavy atom. The van der Waals surface area contributed by atoms with Crippen molar-refractivity contribution in [1.29, 1.82) is 0 Å². The van der Waals surface area contributed by atoms with E-state index < -0.39 is 34.4 Å². The van der Waals surface area contributed by atoms with E-state index in [2.05, 4.69) is 21.2 Å². The van der Waals surface area contributed by atoms with E-state index in [9.17, 15) is 18.0 Å². The van der Waals surface area contributed by atoms with Crippen molar-refractivity contribution >= 4 is 66.7 Å². The summed E-state index contributed by atoms with van der Waals surface area (Å²) in [5, 5.41) is 3.27. The molecular weight excluding hydrogens is 601 g/mol. The summed E-state index contributed by atoms with van der Waals surface area (Å²) in [6.07, 6.45) is 1.22. The van der Waals surface area contributed by atoms with E-state index in [1.807, 2.05) is 30.3 Å². The molecule has 11 heteroatoms.